The number of amides is 1. The monoisotopic (exact) mass is 269 g/mol. The first-order valence-electron chi connectivity index (χ1n) is 5.41. The van der Waals surface area contributed by atoms with Crippen LogP contribution in [0, 0.1) is 0 Å². The van der Waals surface area contributed by atoms with Crippen molar-refractivity contribution in [1.82, 2.24) is 15.3 Å². The third kappa shape index (κ3) is 4.76. The highest BCUT2D eigenvalue weighted by molar-refractivity contribution is 5.87. The van der Waals surface area contributed by atoms with Crippen molar-refractivity contribution in [3.05, 3.63) is 18.2 Å². The van der Waals surface area contributed by atoms with Crippen molar-refractivity contribution in [1.29, 1.82) is 0 Å². The zero-order chi connectivity index (χ0) is 14.4. The van der Waals surface area contributed by atoms with Crippen molar-refractivity contribution >= 4 is 17.8 Å². The zero-order valence-electron chi connectivity index (χ0n) is 9.92. The number of nitrogens with one attached hydrogen (secondary N) is 2. The molecular weight excluding hydrogens is 256 g/mol. The molecule has 1 rings (SSSR count). The first-order valence-corrected chi connectivity index (χ1v) is 5.41. The molecule has 2 atom stereocenters. The quantitative estimate of drug-likeness (QED) is 0.448. The first-order chi connectivity index (χ1) is 8.90. The molecule has 0 fully saturated rings. The molecule has 9 nitrogen and oxygen atoms in total. The third-order valence-electron chi connectivity index (χ3n) is 2.36. The molecule has 0 bridgehead atoms. The van der Waals surface area contributed by atoms with Crippen molar-refractivity contribution in [3.8, 4) is 0 Å². The highest BCUT2D eigenvalue weighted by Crippen LogP contribution is 1.97. The molecule has 0 aromatic carbocycles. The van der Waals surface area contributed by atoms with E-state index in [2.05, 4.69) is 15.7 Å². The average Bonchev–Trinajstić information content (AvgIpc) is 2.79. The maximum Gasteiger partial charge on any atom is 0.279 e. The van der Waals surface area contributed by atoms with Crippen LogP contribution in [0.3, 0.4) is 0 Å². The zero-order valence-corrected chi connectivity index (χ0v) is 9.92. The number of hydrogen-bond acceptors (Lipinski definition) is 6. The third-order valence-corrected chi connectivity index (χ3v) is 2.36. The lowest BCUT2D eigenvalue weighted by Gasteiger charge is -2.20. The van der Waals surface area contributed by atoms with E-state index >= 15 is 0 Å². The normalized spacial score (nSPS) is 13.5. The lowest BCUT2D eigenvalue weighted by molar-refractivity contribution is -0.403. The van der Waals surface area contributed by atoms with E-state index in [9.17, 15) is 24.6 Å². The minimum Gasteiger partial charge on any atom is -0.550 e. The Hall–Kier alpha value is -2.42. The van der Waals surface area contributed by atoms with Crippen LogP contribution in [-0.4, -0.2) is 39.9 Å². The van der Waals surface area contributed by atoms with E-state index in [1.54, 1.807) is 0 Å². The summed E-state index contributed by atoms with van der Waals surface area (Å²) in [4.78, 5) is 39.2. The van der Waals surface area contributed by atoms with Gasteiger partial charge in [-0.05, 0) is 0 Å². The summed E-state index contributed by atoms with van der Waals surface area (Å²) in [5, 5.41) is 23.0. The molecule has 0 aliphatic rings. The summed E-state index contributed by atoms with van der Waals surface area (Å²) in [6.45, 7) is 0. The molecule has 5 N–H and O–H groups in total. The van der Waals surface area contributed by atoms with Gasteiger partial charge in [0.05, 0.1) is 24.8 Å². The molecule has 1 aromatic heterocycles. The number of quaternary nitrogens is 1. The molecule has 0 unspecified atom stereocenters. The molecule has 1 aromatic rings. The van der Waals surface area contributed by atoms with E-state index < -0.39 is 36.4 Å². The minimum atomic E-state index is -1.69. The van der Waals surface area contributed by atoms with Gasteiger partial charge in [0.25, 0.3) is 5.91 Å². The van der Waals surface area contributed by atoms with Crippen molar-refractivity contribution < 1.29 is 30.3 Å². The molecule has 0 spiro atoms. The average molecular weight is 269 g/mol. The molecule has 0 aliphatic carbocycles. The molecule has 104 valence electrons. The van der Waals surface area contributed by atoms with Crippen LogP contribution in [0.5, 0.6) is 0 Å². The molecule has 0 radical (unpaired) electrons. The molecule has 0 saturated heterocycles. The van der Waals surface area contributed by atoms with Gasteiger partial charge in [-0.1, -0.05) is 0 Å². The van der Waals surface area contributed by atoms with Crippen molar-refractivity contribution in [2.75, 3.05) is 0 Å². The Morgan fingerprint density at radius 1 is 1.42 bits per heavy atom. The number of aliphatic carboxylic acids is 2. The van der Waals surface area contributed by atoms with Crippen LogP contribution in [0.1, 0.15) is 12.1 Å². The number of H-pyrrole nitrogens is 1. The van der Waals surface area contributed by atoms with E-state index in [-0.39, 0.29) is 6.42 Å². The summed E-state index contributed by atoms with van der Waals surface area (Å²) in [5.41, 5.74) is 4.22. The van der Waals surface area contributed by atoms with Gasteiger partial charge in [0, 0.05) is 24.3 Å². The Morgan fingerprint density at radius 2 is 2.11 bits per heavy atom. The maximum atomic E-state index is 11.7. The van der Waals surface area contributed by atoms with Crippen molar-refractivity contribution in [2.24, 2.45) is 0 Å². The van der Waals surface area contributed by atoms with Crippen LogP contribution in [0.25, 0.3) is 0 Å². The highest BCUT2D eigenvalue weighted by atomic mass is 16.4. The number of aromatic amines is 1. The van der Waals surface area contributed by atoms with Crippen LogP contribution < -0.4 is 21.3 Å². The fourth-order valence-electron chi connectivity index (χ4n) is 1.40. The number of nitrogens with zero attached hydrogens (tertiary/aromatic N) is 1. The number of aromatic nitrogens is 2. The number of carboxylic acids is 2. The Balaban J connectivity index is 2.56. The van der Waals surface area contributed by atoms with Crippen LogP contribution in [0.4, 0.5) is 0 Å². The fourth-order valence-corrected chi connectivity index (χ4v) is 1.40. The van der Waals surface area contributed by atoms with Crippen LogP contribution in [-0.2, 0) is 20.8 Å². The van der Waals surface area contributed by atoms with Crippen LogP contribution in [0.2, 0.25) is 0 Å². The van der Waals surface area contributed by atoms with Gasteiger partial charge >= 0.3 is 0 Å². The Kier molecular flexibility index (Phi) is 5.01. The summed E-state index contributed by atoms with van der Waals surface area (Å²) in [6, 6.07) is -2.42. The summed E-state index contributed by atoms with van der Waals surface area (Å²) in [6.07, 6.45) is 2.30. The molecule has 9 heteroatoms. The first kappa shape index (κ1) is 14.6. The topological polar surface area (TPSA) is 166 Å². The lowest BCUT2D eigenvalue weighted by atomic mass is 10.1. The second kappa shape index (κ2) is 6.50. The Labute approximate surface area is 107 Å². The number of carbonyl (C=O) groups excluding carboxylic acids is 3. The van der Waals surface area contributed by atoms with E-state index in [1.165, 1.54) is 12.5 Å². The number of carboxylic acid groups (broad SMARTS) is 2. The number of hydrogen-bond donors (Lipinski definition) is 3. The molecule has 19 heavy (non-hydrogen) atoms. The second-order valence-corrected chi connectivity index (χ2v) is 3.93. The molecular formula is C10H13N4O5-. The summed E-state index contributed by atoms with van der Waals surface area (Å²) >= 11 is 0. The van der Waals surface area contributed by atoms with E-state index in [0.717, 1.165) is 0 Å². The van der Waals surface area contributed by atoms with Gasteiger partial charge in [-0.25, -0.2) is 4.98 Å². The maximum absolute atomic E-state index is 11.7. The molecule has 0 saturated carbocycles. The van der Waals surface area contributed by atoms with Gasteiger partial charge < -0.3 is 35.8 Å². The van der Waals surface area contributed by atoms with Gasteiger partial charge in [-0.2, -0.15) is 0 Å². The molecule has 1 heterocycles. The van der Waals surface area contributed by atoms with Gasteiger partial charge in [0.2, 0.25) is 0 Å². The fraction of sp³-hybridized carbons (Fsp3) is 0.400. The number of rotatable bonds is 7. The van der Waals surface area contributed by atoms with Crippen LogP contribution >= 0.6 is 0 Å². The minimum absolute atomic E-state index is 0.219. The Bertz CT molecular complexity index is 458. The summed E-state index contributed by atoms with van der Waals surface area (Å²) < 4.78 is 0. The summed E-state index contributed by atoms with van der Waals surface area (Å²) in [7, 11) is 0. The van der Waals surface area contributed by atoms with Gasteiger partial charge in [-0.15, -0.1) is 0 Å². The van der Waals surface area contributed by atoms with Gasteiger partial charge in [-0.3, -0.25) is 4.79 Å². The molecule has 1 amide bonds. The summed E-state index contributed by atoms with van der Waals surface area (Å²) in [5.74, 6) is -3.97. The van der Waals surface area contributed by atoms with Crippen molar-refractivity contribution in [2.45, 2.75) is 24.9 Å². The van der Waals surface area contributed by atoms with Gasteiger partial charge in [0.15, 0.2) is 6.04 Å². The Morgan fingerprint density at radius 3 is 2.58 bits per heavy atom. The predicted octanol–water partition coefficient (Wildman–Crippen LogP) is -5.06. The second-order valence-electron chi connectivity index (χ2n) is 3.93. The van der Waals surface area contributed by atoms with Gasteiger partial charge in [0.1, 0.15) is 0 Å². The lowest BCUT2D eigenvalue weighted by Crippen LogP contribution is -2.70. The largest absolute Gasteiger partial charge is 0.550 e. The number of imidazole rings is 1. The smallest absolute Gasteiger partial charge is 0.279 e. The molecule has 0 aliphatic heterocycles. The SMILES string of the molecule is [NH3+][C@@H](Cc1cnc[nH]1)C(=O)N[C@@H](CC(=O)[O-])C(=O)[O-]. The van der Waals surface area contributed by atoms with E-state index in [1.807, 2.05) is 5.32 Å². The van der Waals surface area contributed by atoms with E-state index in [4.69, 9.17) is 0 Å². The van der Waals surface area contributed by atoms with E-state index in [0.29, 0.717) is 5.69 Å². The van der Waals surface area contributed by atoms with Crippen molar-refractivity contribution in [3.63, 3.8) is 0 Å². The highest BCUT2D eigenvalue weighted by Gasteiger charge is 2.22. The standard InChI is InChI=1S/C10H14N4O5/c11-6(1-5-3-12-4-13-5)9(17)14-7(10(18)19)2-8(15)16/h3-4,6-7H,1-2,11H2,(H,12,13)(H,14,17)(H,15,16)(H,18,19)/p-1/t6-,7-/m0/s1. The number of carbonyl (C=O) groups is 3. The van der Waals surface area contributed by atoms with Crippen LogP contribution in [0.15, 0.2) is 12.5 Å². The predicted molar refractivity (Wildman–Crippen MR) is 55.5 cm³/mol.